The van der Waals surface area contributed by atoms with E-state index in [1.165, 1.54) is 0 Å². The van der Waals surface area contributed by atoms with E-state index in [4.69, 9.17) is 14.2 Å². The van der Waals surface area contributed by atoms with Crippen LogP contribution in [-0.2, 0) is 22.3 Å². The maximum atomic E-state index is 13.5. The van der Waals surface area contributed by atoms with Crippen molar-refractivity contribution in [1.29, 1.82) is 0 Å². The average molecular weight is 378 g/mol. The zero-order chi connectivity index (χ0) is 19.2. The molecule has 0 aromatic heterocycles. The van der Waals surface area contributed by atoms with Crippen molar-refractivity contribution in [2.45, 2.75) is 77.6 Å². The molecule has 0 N–H and O–H groups in total. The summed E-state index contributed by atoms with van der Waals surface area (Å²) in [5.41, 5.74) is 2.01. The standard InChI is InChI=1S/C22H31FO4/c1-3-6-16-13-25-21(26-14-16)8-5-4-7-17-11-18-10-9-15(2)27-20(18)12-19(17)22(23)24/h11-12,15-16,21H,3-10,13-14H2,1-2H3. The highest BCUT2D eigenvalue weighted by Gasteiger charge is 2.23. The number of halogens is 1. The Morgan fingerprint density at radius 1 is 1.19 bits per heavy atom. The first kappa shape index (κ1) is 20.3. The van der Waals surface area contributed by atoms with Gasteiger partial charge in [-0.2, -0.15) is 4.39 Å². The minimum Gasteiger partial charge on any atom is -0.490 e. The molecule has 2 heterocycles. The Hall–Kier alpha value is -1.46. The molecule has 0 aliphatic carbocycles. The lowest BCUT2D eigenvalue weighted by Crippen LogP contribution is -2.31. The lowest BCUT2D eigenvalue weighted by atomic mass is 9.94. The second-order valence-corrected chi connectivity index (χ2v) is 7.85. The Morgan fingerprint density at radius 3 is 2.67 bits per heavy atom. The van der Waals surface area contributed by atoms with Gasteiger partial charge in [0.15, 0.2) is 6.29 Å². The Kier molecular flexibility index (Phi) is 7.25. The second kappa shape index (κ2) is 9.65. The van der Waals surface area contributed by atoms with Gasteiger partial charge in [0.1, 0.15) is 5.75 Å². The predicted octanol–water partition coefficient (Wildman–Crippen LogP) is 5.01. The molecule has 2 aliphatic rings. The third-order valence-corrected chi connectivity index (χ3v) is 5.51. The highest BCUT2D eigenvalue weighted by atomic mass is 19.1. The summed E-state index contributed by atoms with van der Waals surface area (Å²) in [6.07, 6.45) is 7.46. The molecule has 0 amide bonds. The molecule has 0 spiro atoms. The van der Waals surface area contributed by atoms with Gasteiger partial charge in [0, 0.05) is 5.92 Å². The molecule has 27 heavy (non-hydrogen) atoms. The third-order valence-electron chi connectivity index (χ3n) is 5.51. The Labute approximate surface area is 161 Å². The van der Waals surface area contributed by atoms with Gasteiger partial charge in [0.05, 0.1) is 24.9 Å². The number of hydrogen-bond donors (Lipinski definition) is 0. The van der Waals surface area contributed by atoms with Crippen molar-refractivity contribution < 1.29 is 23.4 Å². The van der Waals surface area contributed by atoms with Crippen molar-refractivity contribution in [3.8, 4) is 5.75 Å². The molecule has 1 aromatic rings. The molecule has 3 rings (SSSR count). The van der Waals surface area contributed by atoms with E-state index in [-0.39, 0.29) is 18.0 Å². The SMILES string of the molecule is CCCC1COC(CCCCc2cc3c(cc2C(=O)F)OC(C)CC3)OC1. The fourth-order valence-corrected chi connectivity index (χ4v) is 3.96. The van der Waals surface area contributed by atoms with E-state index in [9.17, 15) is 9.18 Å². The van der Waals surface area contributed by atoms with Crippen molar-refractivity contribution in [3.63, 3.8) is 0 Å². The molecule has 150 valence electrons. The van der Waals surface area contributed by atoms with E-state index in [1.54, 1.807) is 6.07 Å². The Balaban J connectivity index is 1.50. The van der Waals surface area contributed by atoms with Crippen LogP contribution < -0.4 is 4.74 Å². The van der Waals surface area contributed by atoms with Crippen LogP contribution in [0.4, 0.5) is 4.39 Å². The van der Waals surface area contributed by atoms with Crippen LogP contribution in [0.1, 0.15) is 73.9 Å². The number of fused-ring (bicyclic) bond motifs is 1. The summed E-state index contributed by atoms with van der Waals surface area (Å²) >= 11 is 0. The van der Waals surface area contributed by atoms with Crippen molar-refractivity contribution >= 4 is 6.04 Å². The highest BCUT2D eigenvalue weighted by molar-refractivity contribution is 5.91. The van der Waals surface area contributed by atoms with Gasteiger partial charge in [-0.3, -0.25) is 4.79 Å². The number of hydrogen-bond acceptors (Lipinski definition) is 4. The Bertz CT molecular complexity index is 637. The van der Waals surface area contributed by atoms with Crippen LogP contribution in [0, 0.1) is 5.92 Å². The van der Waals surface area contributed by atoms with Crippen LogP contribution in [0.5, 0.6) is 5.75 Å². The fourth-order valence-electron chi connectivity index (χ4n) is 3.96. The van der Waals surface area contributed by atoms with Crippen LogP contribution in [0.25, 0.3) is 0 Å². The zero-order valence-electron chi connectivity index (χ0n) is 16.5. The van der Waals surface area contributed by atoms with Gasteiger partial charge in [-0.25, -0.2) is 0 Å². The van der Waals surface area contributed by atoms with Crippen LogP contribution in [-0.4, -0.2) is 31.6 Å². The summed E-state index contributed by atoms with van der Waals surface area (Å²) in [7, 11) is 0. The summed E-state index contributed by atoms with van der Waals surface area (Å²) in [6, 6.07) is 2.16. The summed E-state index contributed by atoms with van der Waals surface area (Å²) in [5, 5.41) is 0. The summed E-state index contributed by atoms with van der Waals surface area (Å²) < 4.78 is 30.9. The van der Waals surface area contributed by atoms with Gasteiger partial charge in [-0.15, -0.1) is 0 Å². The number of carbonyl (C=O) groups is 1. The number of aryl methyl sites for hydroxylation is 2. The number of ether oxygens (including phenoxy) is 3. The topological polar surface area (TPSA) is 44.8 Å². The summed E-state index contributed by atoms with van der Waals surface area (Å²) in [5.74, 6) is 1.17. The number of carbonyl (C=O) groups excluding carboxylic acids is 1. The van der Waals surface area contributed by atoms with Crippen LogP contribution in [0.15, 0.2) is 12.1 Å². The van der Waals surface area contributed by atoms with Gasteiger partial charge in [0.25, 0.3) is 0 Å². The summed E-state index contributed by atoms with van der Waals surface area (Å²) in [4.78, 5) is 11.4. The van der Waals surface area contributed by atoms with E-state index < -0.39 is 6.04 Å². The number of unbranched alkanes of at least 4 members (excludes halogenated alkanes) is 1. The first-order chi connectivity index (χ1) is 13.1. The maximum Gasteiger partial charge on any atom is 0.332 e. The lowest BCUT2D eigenvalue weighted by molar-refractivity contribution is -0.204. The molecule has 1 unspecified atom stereocenters. The number of rotatable bonds is 8. The minimum absolute atomic E-state index is 0.110. The van der Waals surface area contributed by atoms with E-state index in [1.807, 2.05) is 13.0 Å². The smallest absolute Gasteiger partial charge is 0.332 e. The minimum atomic E-state index is -1.38. The van der Waals surface area contributed by atoms with Crippen LogP contribution in [0.3, 0.4) is 0 Å². The van der Waals surface area contributed by atoms with Gasteiger partial charge in [-0.05, 0) is 69.1 Å². The quantitative estimate of drug-likeness (QED) is 0.471. The van der Waals surface area contributed by atoms with E-state index in [0.29, 0.717) is 18.1 Å². The molecule has 0 bridgehead atoms. The normalized spacial score (nSPS) is 24.9. The molecule has 1 aromatic carbocycles. The van der Waals surface area contributed by atoms with Crippen molar-refractivity contribution in [3.05, 3.63) is 28.8 Å². The fraction of sp³-hybridized carbons (Fsp3) is 0.682. The molecule has 1 saturated heterocycles. The number of benzene rings is 1. The first-order valence-corrected chi connectivity index (χ1v) is 10.3. The van der Waals surface area contributed by atoms with Gasteiger partial charge in [0.2, 0.25) is 0 Å². The van der Waals surface area contributed by atoms with Gasteiger partial charge < -0.3 is 14.2 Å². The molecule has 5 heteroatoms. The molecule has 4 nitrogen and oxygen atoms in total. The monoisotopic (exact) mass is 378 g/mol. The molecule has 1 atom stereocenters. The van der Waals surface area contributed by atoms with Crippen molar-refractivity contribution in [1.82, 2.24) is 0 Å². The maximum absolute atomic E-state index is 13.5. The van der Waals surface area contributed by atoms with Crippen molar-refractivity contribution in [2.24, 2.45) is 5.92 Å². The van der Waals surface area contributed by atoms with Gasteiger partial charge >= 0.3 is 6.04 Å². The first-order valence-electron chi connectivity index (χ1n) is 10.3. The average Bonchev–Trinajstić information content (AvgIpc) is 2.66. The Morgan fingerprint density at radius 2 is 1.96 bits per heavy atom. The summed E-state index contributed by atoms with van der Waals surface area (Å²) in [6.45, 7) is 5.73. The largest absolute Gasteiger partial charge is 0.490 e. The van der Waals surface area contributed by atoms with E-state index in [0.717, 1.165) is 69.3 Å². The second-order valence-electron chi connectivity index (χ2n) is 7.85. The highest BCUT2D eigenvalue weighted by Crippen LogP contribution is 2.32. The zero-order valence-corrected chi connectivity index (χ0v) is 16.5. The van der Waals surface area contributed by atoms with Gasteiger partial charge in [-0.1, -0.05) is 19.4 Å². The molecule has 0 radical (unpaired) electrons. The lowest BCUT2D eigenvalue weighted by Gasteiger charge is -2.29. The van der Waals surface area contributed by atoms with E-state index in [2.05, 4.69) is 6.92 Å². The predicted molar refractivity (Wildman–Crippen MR) is 102 cm³/mol. The van der Waals surface area contributed by atoms with Crippen LogP contribution in [0.2, 0.25) is 0 Å². The van der Waals surface area contributed by atoms with E-state index >= 15 is 0 Å². The molecule has 2 aliphatic heterocycles. The molecule has 0 saturated carbocycles. The van der Waals surface area contributed by atoms with Crippen LogP contribution >= 0.6 is 0 Å². The van der Waals surface area contributed by atoms with Crippen molar-refractivity contribution in [2.75, 3.05) is 13.2 Å². The molecule has 1 fully saturated rings. The third kappa shape index (κ3) is 5.52. The molecular formula is C22H31FO4. The molecular weight excluding hydrogens is 347 g/mol.